The fourth-order valence-electron chi connectivity index (χ4n) is 4.01. The minimum absolute atomic E-state index is 0.107. The van der Waals surface area contributed by atoms with Gasteiger partial charge in [0.05, 0.1) is 17.6 Å². The van der Waals surface area contributed by atoms with Crippen molar-refractivity contribution < 1.29 is 32.6 Å². The molecule has 0 aromatic heterocycles. The highest BCUT2D eigenvalue weighted by Crippen LogP contribution is 2.44. The summed E-state index contributed by atoms with van der Waals surface area (Å²) in [6.07, 6.45) is 0. The number of nitro groups is 1. The molecule has 0 radical (unpaired) electrons. The van der Waals surface area contributed by atoms with Crippen molar-refractivity contribution >= 4 is 23.3 Å². The number of nitro benzene ring substituents is 1. The zero-order valence-corrected chi connectivity index (χ0v) is 27.8. The second kappa shape index (κ2) is 17.1. The topological polar surface area (TPSA) is 110 Å². The van der Waals surface area contributed by atoms with Crippen LogP contribution in [0, 0.1) is 37.8 Å². The zero-order chi connectivity index (χ0) is 32.9. The van der Waals surface area contributed by atoms with Crippen LogP contribution in [-0.4, -0.2) is 10.0 Å². The molecule has 0 amide bonds. The van der Waals surface area contributed by atoms with E-state index in [1.165, 1.54) is 12.1 Å². The number of hydrogen-bond acceptors (Lipinski definition) is 8. The number of phenolic OH excluding ortho intramolecular Hbond substituents is 1. The lowest BCUT2D eigenvalue weighted by atomic mass is 10.2. The van der Waals surface area contributed by atoms with Gasteiger partial charge in [0.15, 0.2) is 0 Å². The minimum atomic E-state index is -2.03. The predicted molar refractivity (Wildman–Crippen MR) is 182 cm³/mol. The Bertz CT molecular complexity index is 1690. The Morgan fingerprint density at radius 2 is 1.20 bits per heavy atom. The van der Waals surface area contributed by atoms with E-state index < -0.39 is 13.5 Å². The molecule has 0 aliphatic rings. The molecule has 5 rings (SSSR count). The Morgan fingerprint density at radius 1 is 0.674 bits per heavy atom. The standard InChI is InChI=1S/C28H27NO7P2.C7H8O/c1-20-7-4-10-25(15-20)33-37-32-19-23-13-14-24(29(30)31)18-28(23)36-38(34-26-11-5-8-21(2)16-26)35-27-12-6-9-22(3)17-27;1-6-3-2-4-7(8)5-6/h4-18,37H,19H2,1-3H3;2-5,8H,1H3. The lowest BCUT2D eigenvalue weighted by molar-refractivity contribution is -0.384. The normalized spacial score (nSPS) is 10.7. The van der Waals surface area contributed by atoms with E-state index in [-0.39, 0.29) is 27.1 Å². The van der Waals surface area contributed by atoms with Crippen molar-refractivity contribution in [1.29, 1.82) is 0 Å². The highest BCUT2D eigenvalue weighted by molar-refractivity contribution is 7.43. The van der Waals surface area contributed by atoms with E-state index in [0.717, 1.165) is 22.3 Å². The van der Waals surface area contributed by atoms with Crippen LogP contribution in [0.2, 0.25) is 0 Å². The van der Waals surface area contributed by atoms with Gasteiger partial charge in [-0.25, -0.2) is 0 Å². The molecule has 11 heteroatoms. The number of phenols is 1. The van der Waals surface area contributed by atoms with Gasteiger partial charge in [-0.3, -0.25) is 10.1 Å². The molecule has 5 aromatic carbocycles. The van der Waals surface area contributed by atoms with Crippen LogP contribution in [0.15, 0.2) is 115 Å². The fourth-order valence-corrected chi connectivity index (χ4v) is 5.52. The van der Waals surface area contributed by atoms with E-state index >= 15 is 0 Å². The van der Waals surface area contributed by atoms with Gasteiger partial charge in [0.1, 0.15) is 28.7 Å². The van der Waals surface area contributed by atoms with Crippen LogP contribution in [0.1, 0.15) is 27.8 Å². The summed E-state index contributed by atoms with van der Waals surface area (Å²) < 4.78 is 29.7. The van der Waals surface area contributed by atoms with Gasteiger partial charge in [0.25, 0.3) is 5.69 Å². The summed E-state index contributed by atoms with van der Waals surface area (Å²) >= 11 is 0. The Hall–Kier alpha value is -4.68. The maximum absolute atomic E-state index is 11.5. The molecular formula is C35H35NO8P2. The van der Waals surface area contributed by atoms with Crippen molar-refractivity contribution in [3.63, 3.8) is 0 Å². The number of hydrogen-bond donors (Lipinski definition) is 1. The maximum Gasteiger partial charge on any atom is 0.530 e. The first-order valence-electron chi connectivity index (χ1n) is 14.3. The van der Waals surface area contributed by atoms with Crippen molar-refractivity contribution in [3.05, 3.63) is 153 Å². The van der Waals surface area contributed by atoms with Gasteiger partial charge >= 0.3 is 8.60 Å². The van der Waals surface area contributed by atoms with Gasteiger partial charge in [0.2, 0.25) is 9.03 Å². The first-order valence-corrected chi connectivity index (χ1v) is 16.2. The van der Waals surface area contributed by atoms with Crippen LogP contribution in [0.4, 0.5) is 5.69 Å². The van der Waals surface area contributed by atoms with Gasteiger partial charge in [-0.1, -0.05) is 48.5 Å². The monoisotopic (exact) mass is 659 g/mol. The molecule has 0 saturated heterocycles. The van der Waals surface area contributed by atoms with Crippen LogP contribution >= 0.6 is 17.6 Å². The number of non-ortho nitro benzene ring substituents is 1. The summed E-state index contributed by atoms with van der Waals surface area (Å²) in [5.41, 5.74) is 4.64. The fraction of sp³-hybridized carbons (Fsp3) is 0.143. The third kappa shape index (κ3) is 11.4. The Kier molecular flexibility index (Phi) is 12.7. The molecule has 1 atom stereocenters. The average molecular weight is 660 g/mol. The molecule has 0 heterocycles. The molecular weight excluding hydrogens is 624 g/mol. The van der Waals surface area contributed by atoms with Crippen molar-refractivity contribution in [3.8, 4) is 28.7 Å². The molecule has 0 spiro atoms. The van der Waals surface area contributed by atoms with Crippen molar-refractivity contribution in [2.45, 2.75) is 34.3 Å². The third-order valence-corrected chi connectivity index (χ3v) is 7.86. The van der Waals surface area contributed by atoms with Crippen molar-refractivity contribution in [2.24, 2.45) is 0 Å². The predicted octanol–water partition coefficient (Wildman–Crippen LogP) is 10.1. The second-order valence-corrected chi connectivity index (χ2v) is 12.0. The third-order valence-electron chi connectivity index (χ3n) is 6.21. The number of benzene rings is 5. The van der Waals surface area contributed by atoms with Crippen molar-refractivity contribution in [1.82, 2.24) is 0 Å². The van der Waals surface area contributed by atoms with E-state index in [1.54, 1.807) is 30.3 Å². The minimum Gasteiger partial charge on any atom is -0.508 e. The second-order valence-electron chi connectivity index (χ2n) is 10.3. The van der Waals surface area contributed by atoms with Crippen LogP contribution in [0.3, 0.4) is 0 Å². The summed E-state index contributed by atoms with van der Waals surface area (Å²) in [6.45, 7) is 7.93. The van der Waals surface area contributed by atoms with Crippen LogP contribution in [0.25, 0.3) is 0 Å². The Balaban J connectivity index is 0.000000523. The van der Waals surface area contributed by atoms with E-state index in [1.807, 2.05) is 100 Å². The molecule has 1 N–H and O–H groups in total. The van der Waals surface area contributed by atoms with Crippen molar-refractivity contribution in [2.75, 3.05) is 0 Å². The lowest BCUT2D eigenvalue weighted by Crippen LogP contribution is -2.05. The summed E-state index contributed by atoms with van der Waals surface area (Å²) in [5.74, 6) is 2.38. The van der Waals surface area contributed by atoms with E-state index in [4.69, 9.17) is 27.7 Å². The first kappa shape index (κ1) is 34.2. The molecule has 0 aliphatic heterocycles. The summed E-state index contributed by atoms with van der Waals surface area (Å²) in [4.78, 5) is 11.0. The molecule has 0 saturated carbocycles. The Labute approximate surface area is 271 Å². The summed E-state index contributed by atoms with van der Waals surface area (Å²) in [6, 6.07) is 34.1. The quantitative estimate of drug-likeness (QED) is 0.0610. The number of rotatable bonds is 12. The van der Waals surface area contributed by atoms with E-state index in [0.29, 0.717) is 28.6 Å². The first-order chi connectivity index (χ1) is 22.1. The molecule has 238 valence electrons. The van der Waals surface area contributed by atoms with E-state index in [2.05, 4.69) is 0 Å². The largest absolute Gasteiger partial charge is 0.530 e. The van der Waals surface area contributed by atoms with Gasteiger partial charge in [-0.15, -0.1) is 0 Å². The Morgan fingerprint density at radius 3 is 1.70 bits per heavy atom. The molecule has 0 bridgehead atoms. The SMILES string of the molecule is Cc1cccc(O)c1.Cc1cccc(OPOCc2ccc([N+](=O)[O-])cc2OP(Oc2cccc(C)c2)Oc2cccc(C)c2)c1. The highest BCUT2D eigenvalue weighted by Gasteiger charge is 2.23. The average Bonchev–Trinajstić information content (AvgIpc) is 3.00. The van der Waals surface area contributed by atoms with Gasteiger partial charge in [-0.2, -0.15) is 0 Å². The smallest absolute Gasteiger partial charge is 0.508 e. The molecule has 9 nitrogen and oxygen atoms in total. The molecule has 0 aliphatic carbocycles. The molecule has 1 unspecified atom stereocenters. The number of aryl methyl sites for hydroxylation is 4. The summed E-state index contributed by atoms with van der Waals surface area (Å²) in [7, 11) is -2.31. The number of aromatic hydroxyl groups is 1. The molecule has 5 aromatic rings. The van der Waals surface area contributed by atoms with Gasteiger partial charge in [0, 0.05) is 11.6 Å². The maximum atomic E-state index is 11.5. The van der Waals surface area contributed by atoms with Gasteiger partial charge < -0.3 is 27.7 Å². The van der Waals surface area contributed by atoms with Crippen LogP contribution in [-0.2, 0) is 11.1 Å². The highest BCUT2D eigenvalue weighted by atomic mass is 31.2. The van der Waals surface area contributed by atoms with E-state index in [9.17, 15) is 10.1 Å². The number of nitrogens with zero attached hydrogens (tertiary/aromatic N) is 1. The molecule has 0 fully saturated rings. The van der Waals surface area contributed by atoms with Crippen LogP contribution in [0.5, 0.6) is 28.7 Å². The van der Waals surface area contributed by atoms with Gasteiger partial charge in [-0.05, 0) is 105 Å². The summed E-state index contributed by atoms with van der Waals surface area (Å²) in [5, 5.41) is 20.3. The lowest BCUT2D eigenvalue weighted by Gasteiger charge is -2.20. The molecule has 46 heavy (non-hydrogen) atoms. The van der Waals surface area contributed by atoms with Crippen LogP contribution < -0.4 is 18.1 Å². The zero-order valence-electron chi connectivity index (χ0n) is 25.9.